The molecule has 0 bridgehead atoms. The zero-order chi connectivity index (χ0) is 16.1. The largest absolute Gasteiger partial charge is 0.478 e. The highest BCUT2D eigenvalue weighted by Gasteiger charge is 2.19. The molecule has 2 N–H and O–H groups in total. The molecular weight excluding hydrogens is 288 g/mol. The maximum absolute atomic E-state index is 11.0. The number of carboxylic acids is 1. The number of anilines is 1. The van der Waals surface area contributed by atoms with Crippen molar-refractivity contribution >= 4 is 17.4 Å². The molecule has 118 valence electrons. The highest BCUT2D eigenvalue weighted by Crippen LogP contribution is 2.31. The number of carboxylic acid groups (broad SMARTS) is 1. The third-order valence-electron chi connectivity index (χ3n) is 4.29. The second-order valence-electron chi connectivity index (χ2n) is 5.86. The monoisotopic (exact) mass is 308 g/mol. The molecule has 0 unspecified atom stereocenters. The lowest BCUT2D eigenvalue weighted by atomic mass is 9.83. The lowest BCUT2D eigenvalue weighted by Crippen LogP contribution is -2.14. The molecule has 0 heterocycles. The van der Waals surface area contributed by atoms with Gasteiger partial charge in [-0.25, -0.2) is 4.79 Å². The van der Waals surface area contributed by atoms with Crippen LogP contribution in [0.4, 0.5) is 5.69 Å². The molecule has 3 rings (SSSR count). The summed E-state index contributed by atoms with van der Waals surface area (Å²) in [5, 5.41) is 13.5. The van der Waals surface area contributed by atoms with Gasteiger partial charge in [-0.2, -0.15) is 5.10 Å². The first-order valence-corrected chi connectivity index (χ1v) is 7.92. The van der Waals surface area contributed by atoms with Gasteiger partial charge in [-0.1, -0.05) is 36.4 Å². The molecule has 0 radical (unpaired) electrons. The van der Waals surface area contributed by atoms with Gasteiger partial charge in [0.05, 0.1) is 11.3 Å². The number of hydrogen-bond donors (Lipinski definition) is 2. The lowest BCUT2D eigenvalue weighted by Gasteiger charge is -2.23. The van der Waals surface area contributed by atoms with Crippen LogP contribution in [0.2, 0.25) is 0 Å². The summed E-state index contributed by atoms with van der Waals surface area (Å²) in [7, 11) is 0. The minimum Gasteiger partial charge on any atom is -0.478 e. The van der Waals surface area contributed by atoms with E-state index in [2.05, 4.69) is 34.8 Å². The Labute approximate surface area is 135 Å². The first-order valence-electron chi connectivity index (χ1n) is 7.92. The molecule has 4 nitrogen and oxygen atoms in total. The zero-order valence-corrected chi connectivity index (χ0v) is 12.9. The molecule has 1 fully saturated rings. The molecule has 1 aliphatic carbocycles. The van der Waals surface area contributed by atoms with Crippen LogP contribution in [-0.4, -0.2) is 16.8 Å². The molecule has 0 aliphatic heterocycles. The highest BCUT2D eigenvalue weighted by molar-refractivity contribution is 5.89. The van der Waals surface area contributed by atoms with Crippen LogP contribution in [0.25, 0.3) is 0 Å². The fraction of sp³-hybridized carbons (Fsp3) is 0.263. The van der Waals surface area contributed by atoms with E-state index in [1.807, 2.05) is 12.1 Å². The number of nitrogens with zero attached hydrogens (tertiary/aromatic N) is 1. The first kappa shape index (κ1) is 15.3. The van der Waals surface area contributed by atoms with Crippen molar-refractivity contribution < 1.29 is 9.90 Å². The molecule has 1 saturated carbocycles. The van der Waals surface area contributed by atoms with Crippen LogP contribution in [-0.2, 0) is 0 Å². The number of nitrogens with one attached hydrogen (secondary N) is 1. The van der Waals surface area contributed by atoms with Crippen LogP contribution < -0.4 is 5.43 Å². The van der Waals surface area contributed by atoms with Crippen LogP contribution in [0, 0.1) is 0 Å². The van der Waals surface area contributed by atoms with E-state index in [1.54, 1.807) is 18.2 Å². The number of aromatic carboxylic acids is 1. The van der Waals surface area contributed by atoms with E-state index in [4.69, 9.17) is 5.11 Å². The Balaban J connectivity index is 1.58. The van der Waals surface area contributed by atoms with E-state index in [0.29, 0.717) is 11.6 Å². The van der Waals surface area contributed by atoms with E-state index in [0.717, 1.165) is 31.4 Å². The second-order valence-corrected chi connectivity index (χ2v) is 5.86. The predicted octanol–water partition coefficient (Wildman–Crippen LogP) is 4.51. The Hall–Kier alpha value is -2.62. The van der Waals surface area contributed by atoms with Crippen LogP contribution >= 0.6 is 0 Å². The van der Waals surface area contributed by atoms with Crippen molar-refractivity contribution in [3.8, 4) is 0 Å². The van der Waals surface area contributed by atoms with Crippen molar-refractivity contribution in [1.29, 1.82) is 0 Å². The molecule has 0 saturated heterocycles. The van der Waals surface area contributed by atoms with Crippen LogP contribution in [0.15, 0.2) is 59.7 Å². The number of rotatable bonds is 4. The van der Waals surface area contributed by atoms with Gasteiger partial charge in [-0.3, -0.25) is 5.43 Å². The third-order valence-corrected chi connectivity index (χ3v) is 4.29. The Morgan fingerprint density at radius 3 is 2.48 bits per heavy atom. The summed E-state index contributed by atoms with van der Waals surface area (Å²) in [6, 6.07) is 17.4. The van der Waals surface area contributed by atoms with Crippen LogP contribution in [0.5, 0.6) is 0 Å². The summed E-state index contributed by atoms with van der Waals surface area (Å²) in [6.45, 7) is 0. The highest BCUT2D eigenvalue weighted by atomic mass is 16.4. The van der Waals surface area contributed by atoms with Crippen molar-refractivity contribution in [2.45, 2.75) is 31.6 Å². The zero-order valence-electron chi connectivity index (χ0n) is 12.9. The van der Waals surface area contributed by atoms with E-state index in [9.17, 15) is 4.79 Å². The second kappa shape index (κ2) is 7.09. The molecule has 1 aliphatic rings. The number of hydrogen-bond acceptors (Lipinski definition) is 3. The van der Waals surface area contributed by atoms with Gasteiger partial charge < -0.3 is 5.11 Å². The van der Waals surface area contributed by atoms with Gasteiger partial charge in [0.25, 0.3) is 0 Å². The fourth-order valence-electron chi connectivity index (χ4n) is 2.99. The molecule has 0 aromatic heterocycles. The van der Waals surface area contributed by atoms with E-state index >= 15 is 0 Å². The Morgan fingerprint density at radius 2 is 1.78 bits per heavy atom. The number of hydrazone groups is 1. The normalized spacial score (nSPS) is 17.6. The van der Waals surface area contributed by atoms with E-state index in [1.165, 1.54) is 5.56 Å². The van der Waals surface area contributed by atoms with Crippen molar-refractivity contribution in [1.82, 2.24) is 0 Å². The van der Waals surface area contributed by atoms with Gasteiger partial charge in [-0.05, 0) is 55.4 Å². The van der Waals surface area contributed by atoms with Crippen molar-refractivity contribution in [2.75, 3.05) is 5.43 Å². The average molecular weight is 308 g/mol. The Kier molecular flexibility index (Phi) is 4.71. The summed E-state index contributed by atoms with van der Waals surface area (Å²) < 4.78 is 0. The van der Waals surface area contributed by atoms with Crippen LogP contribution in [0.1, 0.15) is 47.5 Å². The summed E-state index contributed by atoms with van der Waals surface area (Å²) in [6.07, 6.45) is 4.18. The van der Waals surface area contributed by atoms with E-state index < -0.39 is 5.97 Å². The number of carbonyl (C=O) groups is 1. The smallest absolute Gasteiger partial charge is 0.335 e. The van der Waals surface area contributed by atoms with Gasteiger partial charge >= 0.3 is 5.97 Å². The van der Waals surface area contributed by atoms with Gasteiger partial charge in [0.15, 0.2) is 0 Å². The molecular formula is C19H20N2O2. The minimum absolute atomic E-state index is 0.267. The standard InChI is InChI=1S/C19H20N2O2/c22-19(23)16-7-4-8-18(13-16)21-20-17-11-9-15(10-12-17)14-5-2-1-3-6-14/h1-8,13,15,21H,9-12H2,(H,22,23). The number of benzene rings is 2. The third kappa shape index (κ3) is 3.97. The molecule has 2 aromatic carbocycles. The molecule has 0 spiro atoms. The summed E-state index contributed by atoms with van der Waals surface area (Å²) in [5.74, 6) is -0.310. The van der Waals surface area contributed by atoms with E-state index in [-0.39, 0.29) is 5.56 Å². The topological polar surface area (TPSA) is 61.7 Å². The van der Waals surface area contributed by atoms with Crippen molar-refractivity contribution in [3.63, 3.8) is 0 Å². The van der Waals surface area contributed by atoms with Gasteiger partial charge in [0.1, 0.15) is 0 Å². The summed E-state index contributed by atoms with van der Waals surface area (Å²) in [5.41, 5.74) is 6.53. The first-order chi connectivity index (χ1) is 11.2. The molecule has 0 amide bonds. The molecule has 2 aromatic rings. The quantitative estimate of drug-likeness (QED) is 0.817. The molecule has 23 heavy (non-hydrogen) atoms. The van der Waals surface area contributed by atoms with Gasteiger partial charge in [-0.15, -0.1) is 0 Å². The average Bonchev–Trinajstić information content (AvgIpc) is 2.61. The molecule has 4 heteroatoms. The van der Waals surface area contributed by atoms with Gasteiger partial charge in [0, 0.05) is 5.71 Å². The Bertz CT molecular complexity index is 700. The fourth-order valence-corrected chi connectivity index (χ4v) is 2.99. The van der Waals surface area contributed by atoms with Crippen molar-refractivity contribution in [3.05, 3.63) is 65.7 Å². The molecule has 0 atom stereocenters. The maximum Gasteiger partial charge on any atom is 0.335 e. The predicted molar refractivity (Wildman–Crippen MR) is 92.1 cm³/mol. The van der Waals surface area contributed by atoms with Gasteiger partial charge in [0.2, 0.25) is 0 Å². The minimum atomic E-state index is -0.926. The lowest BCUT2D eigenvalue weighted by molar-refractivity contribution is 0.0697. The summed E-state index contributed by atoms with van der Waals surface area (Å²) in [4.78, 5) is 11.0. The SMILES string of the molecule is O=C(O)c1cccc(NN=C2CCC(c3ccccc3)CC2)c1. The summed E-state index contributed by atoms with van der Waals surface area (Å²) >= 11 is 0. The van der Waals surface area contributed by atoms with Crippen molar-refractivity contribution in [2.24, 2.45) is 5.10 Å². The van der Waals surface area contributed by atoms with Crippen LogP contribution in [0.3, 0.4) is 0 Å². The maximum atomic E-state index is 11.0. The Morgan fingerprint density at radius 1 is 1.04 bits per heavy atom.